The Morgan fingerprint density at radius 1 is 1.27 bits per heavy atom. The van der Waals surface area contributed by atoms with Gasteiger partial charge in [0.1, 0.15) is 0 Å². The van der Waals surface area contributed by atoms with Crippen molar-refractivity contribution in [3.8, 4) is 0 Å². The zero-order valence-electron chi connectivity index (χ0n) is 10.1. The van der Waals surface area contributed by atoms with E-state index >= 15 is 0 Å². The normalized spacial score (nSPS) is 10.3. The van der Waals surface area contributed by atoms with Gasteiger partial charge in [-0.2, -0.15) is 0 Å². The third-order valence-corrected chi connectivity index (χ3v) is 2.32. The summed E-state index contributed by atoms with van der Waals surface area (Å²) in [6.45, 7) is 10.6. The van der Waals surface area contributed by atoms with E-state index in [0.29, 0.717) is 6.67 Å². The van der Waals surface area contributed by atoms with Gasteiger partial charge in [0.2, 0.25) is 5.91 Å². The summed E-state index contributed by atoms with van der Waals surface area (Å²) in [6, 6.07) is 0. The standard InChI is InChI=1S/C12H24N2O/c1-4-7-9-14(10-8-5-2)11-13-12(15)6-3/h6H,3-5,7-11H2,1-2H3,(H,13,15). The Balaban J connectivity index is 3.77. The topological polar surface area (TPSA) is 32.3 Å². The first kappa shape index (κ1) is 14.2. The van der Waals surface area contributed by atoms with E-state index in [4.69, 9.17) is 0 Å². The number of nitrogens with one attached hydrogen (secondary N) is 1. The third-order valence-electron chi connectivity index (χ3n) is 2.32. The van der Waals surface area contributed by atoms with Gasteiger partial charge in [-0.1, -0.05) is 33.3 Å². The lowest BCUT2D eigenvalue weighted by Crippen LogP contribution is -2.38. The van der Waals surface area contributed by atoms with Crippen molar-refractivity contribution in [2.24, 2.45) is 0 Å². The minimum Gasteiger partial charge on any atom is -0.340 e. The largest absolute Gasteiger partial charge is 0.340 e. The molecule has 0 saturated carbocycles. The second-order valence-electron chi connectivity index (χ2n) is 3.73. The molecule has 88 valence electrons. The van der Waals surface area contributed by atoms with Crippen LogP contribution in [0.1, 0.15) is 39.5 Å². The lowest BCUT2D eigenvalue weighted by atomic mass is 10.3. The smallest absolute Gasteiger partial charge is 0.244 e. The van der Waals surface area contributed by atoms with Crippen LogP contribution < -0.4 is 5.32 Å². The van der Waals surface area contributed by atoms with E-state index in [9.17, 15) is 4.79 Å². The maximum absolute atomic E-state index is 11.0. The van der Waals surface area contributed by atoms with Crippen LogP contribution >= 0.6 is 0 Å². The van der Waals surface area contributed by atoms with Crippen LogP contribution in [0.3, 0.4) is 0 Å². The van der Waals surface area contributed by atoms with Crippen LogP contribution in [0.25, 0.3) is 0 Å². The van der Waals surface area contributed by atoms with Crippen molar-refractivity contribution in [2.75, 3.05) is 19.8 Å². The first-order valence-electron chi connectivity index (χ1n) is 5.87. The molecule has 1 amide bonds. The van der Waals surface area contributed by atoms with Crippen molar-refractivity contribution in [3.05, 3.63) is 12.7 Å². The zero-order chi connectivity index (χ0) is 11.5. The summed E-state index contributed by atoms with van der Waals surface area (Å²) in [7, 11) is 0. The maximum Gasteiger partial charge on any atom is 0.244 e. The third kappa shape index (κ3) is 8.18. The van der Waals surface area contributed by atoms with Crippen molar-refractivity contribution < 1.29 is 4.79 Å². The fourth-order valence-corrected chi connectivity index (χ4v) is 1.30. The Kier molecular flexibility index (Phi) is 9.18. The summed E-state index contributed by atoms with van der Waals surface area (Å²) in [4.78, 5) is 13.3. The second-order valence-corrected chi connectivity index (χ2v) is 3.73. The van der Waals surface area contributed by atoms with Gasteiger partial charge in [-0.25, -0.2) is 0 Å². The Hall–Kier alpha value is -0.830. The van der Waals surface area contributed by atoms with Gasteiger partial charge in [-0.15, -0.1) is 0 Å². The van der Waals surface area contributed by atoms with Crippen molar-refractivity contribution in [3.63, 3.8) is 0 Å². The number of hydrogen-bond donors (Lipinski definition) is 1. The molecule has 3 heteroatoms. The molecular weight excluding hydrogens is 188 g/mol. The molecule has 3 nitrogen and oxygen atoms in total. The van der Waals surface area contributed by atoms with E-state index in [1.54, 1.807) is 0 Å². The van der Waals surface area contributed by atoms with Crippen LogP contribution in [0, 0.1) is 0 Å². The maximum atomic E-state index is 11.0. The fourth-order valence-electron chi connectivity index (χ4n) is 1.30. The molecule has 0 saturated heterocycles. The first-order chi connectivity index (χ1) is 7.24. The number of carbonyl (C=O) groups is 1. The number of amides is 1. The second kappa shape index (κ2) is 9.71. The van der Waals surface area contributed by atoms with E-state index in [1.165, 1.54) is 31.8 Å². The van der Waals surface area contributed by atoms with Crippen LogP contribution in [-0.4, -0.2) is 30.6 Å². The van der Waals surface area contributed by atoms with Crippen LogP contribution in [0.4, 0.5) is 0 Å². The van der Waals surface area contributed by atoms with E-state index in [0.717, 1.165) is 13.1 Å². The summed E-state index contributed by atoms with van der Waals surface area (Å²) in [5, 5.41) is 2.82. The highest BCUT2D eigenvalue weighted by Gasteiger charge is 2.04. The highest BCUT2D eigenvalue weighted by atomic mass is 16.1. The average molecular weight is 212 g/mol. The van der Waals surface area contributed by atoms with Crippen molar-refractivity contribution in [2.45, 2.75) is 39.5 Å². The number of carbonyl (C=O) groups excluding carboxylic acids is 1. The summed E-state index contributed by atoms with van der Waals surface area (Å²) in [5.41, 5.74) is 0. The summed E-state index contributed by atoms with van der Waals surface area (Å²) in [6.07, 6.45) is 6.08. The molecule has 1 N–H and O–H groups in total. The van der Waals surface area contributed by atoms with Crippen LogP contribution in [0.2, 0.25) is 0 Å². The predicted octanol–water partition coefficient (Wildman–Crippen LogP) is 2.15. The Bertz CT molecular complexity index is 172. The fraction of sp³-hybridized carbons (Fsp3) is 0.750. The molecule has 0 spiro atoms. The molecular formula is C12H24N2O. The molecule has 0 aliphatic rings. The molecule has 0 aromatic rings. The first-order valence-corrected chi connectivity index (χ1v) is 5.87. The molecule has 0 rings (SSSR count). The monoisotopic (exact) mass is 212 g/mol. The molecule has 0 radical (unpaired) electrons. The quantitative estimate of drug-likeness (QED) is 0.469. The van der Waals surface area contributed by atoms with Gasteiger partial charge in [0.15, 0.2) is 0 Å². The van der Waals surface area contributed by atoms with E-state index in [1.807, 2.05) is 0 Å². The van der Waals surface area contributed by atoms with E-state index in [2.05, 4.69) is 30.6 Å². The number of hydrogen-bond acceptors (Lipinski definition) is 2. The summed E-state index contributed by atoms with van der Waals surface area (Å²) < 4.78 is 0. The molecule has 0 heterocycles. The molecule has 0 aromatic carbocycles. The minimum atomic E-state index is -0.0898. The molecule has 0 atom stereocenters. The van der Waals surface area contributed by atoms with E-state index in [-0.39, 0.29) is 5.91 Å². The van der Waals surface area contributed by atoms with Gasteiger partial charge in [0.05, 0.1) is 6.67 Å². The SMILES string of the molecule is C=CC(=O)NCN(CCCC)CCCC. The Morgan fingerprint density at radius 3 is 2.20 bits per heavy atom. The minimum absolute atomic E-state index is 0.0898. The highest BCUT2D eigenvalue weighted by molar-refractivity contribution is 5.86. The molecule has 0 fully saturated rings. The number of unbranched alkanes of at least 4 members (excludes halogenated alkanes) is 2. The predicted molar refractivity (Wildman–Crippen MR) is 64.6 cm³/mol. The van der Waals surface area contributed by atoms with Crippen LogP contribution in [0.15, 0.2) is 12.7 Å². The lowest BCUT2D eigenvalue weighted by molar-refractivity contribution is -0.117. The molecule has 15 heavy (non-hydrogen) atoms. The molecule has 0 unspecified atom stereocenters. The molecule has 0 bridgehead atoms. The average Bonchev–Trinajstić information content (AvgIpc) is 2.27. The molecule has 0 aromatic heterocycles. The number of rotatable bonds is 9. The summed E-state index contributed by atoms with van der Waals surface area (Å²) in [5.74, 6) is -0.0898. The van der Waals surface area contributed by atoms with Crippen LogP contribution in [0.5, 0.6) is 0 Å². The van der Waals surface area contributed by atoms with Crippen LogP contribution in [-0.2, 0) is 4.79 Å². The van der Waals surface area contributed by atoms with Gasteiger partial charge in [-0.3, -0.25) is 9.69 Å². The van der Waals surface area contributed by atoms with Gasteiger partial charge >= 0.3 is 0 Å². The van der Waals surface area contributed by atoms with Gasteiger partial charge in [0.25, 0.3) is 0 Å². The van der Waals surface area contributed by atoms with Crippen molar-refractivity contribution in [1.82, 2.24) is 10.2 Å². The Morgan fingerprint density at radius 2 is 1.80 bits per heavy atom. The Labute approximate surface area is 93.5 Å². The van der Waals surface area contributed by atoms with Gasteiger partial charge in [0, 0.05) is 0 Å². The van der Waals surface area contributed by atoms with Crippen molar-refractivity contribution >= 4 is 5.91 Å². The number of nitrogens with zero attached hydrogens (tertiary/aromatic N) is 1. The van der Waals surface area contributed by atoms with Gasteiger partial charge in [-0.05, 0) is 32.0 Å². The highest BCUT2D eigenvalue weighted by Crippen LogP contribution is 1.97. The summed E-state index contributed by atoms with van der Waals surface area (Å²) >= 11 is 0. The molecule has 0 aliphatic heterocycles. The zero-order valence-corrected chi connectivity index (χ0v) is 10.1. The molecule has 0 aliphatic carbocycles. The van der Waals surface area contributed by atoms with Crippen molar-refractivity contribution in [1.29, 1.82) is 0 Å². The van der Waals surface area contributed by atoms with Gasteiger partial charge < -0.3 is 5.32 Å². The van der Waals surface area contributed by atoms with E-state index < -0.39 is 0 Å². The lowest BCUT2D eigenvalue weighted by Gasteiger charge is -2.21.